The van der Waals surface area contributed by atoms with Crippen LogP contribution >= 0.6 is 0 Å². The molecule has 1 aliphatic rings. The second-order valence-corrected chi connectivity index (χ2v) is 9.24. The van der Waals surface area contributed by atoms with Crippen LogP contribution in [0.5, 0.6) is 5.75 Å². The summed E-state index contributed by atoms with van der Waals surface area (Å²) in [5.41, 5.74) is 1.59. The third-order valence-electron chi connectivity index (χ3n) is 4.78. The van der Waals surface area contributed by atoms with Crippen LogP contribution in [-0.4, -0.2) is 51.0 Å². The highest BCUT2D eigenvalue weighted by Crippen LogP contribution is 2.24. The number of nitrogens with one attached hydrogen (secondary N) is 1. The number of rotatable bonds is 7. The minimum atomic E-state index is -3.69. The van der Waals surface area contributed by atoms with Gasteiger partial charge in [-0.2, -0.15) is 4.31 Å². The topological polar surface area (TPSA) is 84.9 Å². The molecule has 30 heavy (non-hydrogen) atoms. The van der Waals surface area contributed by atoms with E-state index in [1.807, 2.05) is 20.8 Å². The molecule has 0 spiro atoms. The van der Waals surface area contributed by atoms with Gasteiger partial charge in [0.25, 0.3) is 5.91 Å². The van der Waals surface area contributed by atoms with E-state index in [4.69, 9.17) is 9.47 Å². The number of anilines is 1. The molecule has 0 atom stereocenters. The van der Waals surface area contributed by atoms with Crippen molar-refractivity contribution < 1.29 is 22.7 Å². The smallest absolute Gasteiger partial charge is 0.255 e. The molecular weight excluding hydrogens is 404 g/mol. The number of aryl methyl sites for hydroxylation is 1. The van der Waals surface area contributed by atoms with Gasteiger partial charge < -0.3 is 14.8 Å². The number of benzene rings is 2. The fourth-order valence-corrected chi connectivity index (χ4v) is 4.97. The van der Waals surface area contributed by atoms with Gasteiger partial charge in [0.2, 0.25) is 10.0 Å². The van der Waals surface area contributed by atoms with Crippen molar-refractivity contribution in [2.24, 2.45) is 0 Å². The van der Waals surface area contributed by atoms with Crippen LogP contribution in [0.4, 0.5) is 5.69 Å². The first kappa shape index (κ1) is 22.3. The van der Waals surface area contributed by atoms with Crippen molar-refractivity contribution in [3.8, 4) is 5.75 Å². The summed E-state index contributed by atoms with van der Waals surface area (Å²) in [5.74, 6) is 0.350. The summed E-state index contributed by atoms with van der Waals surface area (Å²) in [5, 5.41) is 2.81. The fourth-order valence-electron chi connectivity index (χ4n) is 3.25. The van der Waals surface area contributed by atoms with Crippen LogP contribution in [-0.2, 0) is 21.2 Å². The number of hydrogen-bond donors (Lipinski definition) is 1. The van der Waals surface area contributed by atoms with Crippen molar-refractivity contribution in [1.82, 2.24) is 4.31 Å². The number of morpholine rings is 1. The van der Waals surface area contributed by atoms with Gasteiger partial charge in [0.1, 0.15) is 5.75 Å². The summed E-state index contributed by atoms with van der Waals surface area (Å²) < 4.78 is 38.6. The van der Waals surface area contributed by atoms with E-state index >= 15 is 0 Å². The van der Waals surface area contributed by atoms with Crippen molar-refractivity contribution in [3.05, 3.63) is 53.6 Å². The molecule has 8 heteroatoms. The molecule has 0 radical (unpaired) electrons. The first-order chi connectivity index (χ1) is 14.3. The van der Waals surface area contributed by atoms with Crippen molar-refractivity contribution in [3.63, 3.8) is 0 Å². The van der Waals surface area contributed by atoms with Gasteiger partial charge in [-0.05, 0) is 62.2 Å². The van der Waals surface area contributed by atoms with Gasteiger partial charge in [-0.3, -0.25) is 4.79 Å². The van der Waals surface area contributed by atoms with Crippen LogP contribution in [0.2, 0.25) is 0 Å². The van der Waals surface area contributed by atoms with Crippen molar-refractivity contribution in [2.45, 2.75) is 38.2 Å². The first-order valence-corrected chi connectivity index (χ1v) is 11.5. The van der Waals surface area contributed by atoms with E-state index in [0.717, 1.165) is 0 Å². The van der Waals surface area contributed by atoms with E-state index in [-0.39, 0.29) is 16.9 Å². The highest BCUT2D eigenvalue weighted by molar-refractivity contribution is 7.89. The third kappa shape index (κ3) is 5.19. The van der Waals surface area contributed by atoms with Gasteiger partial charge in [0.15, 0.2) is 0 Å². The molecule has 0 aliphatic carbocycles. The zero-order valence-electron chi connectivity index (χ0n) is 17.6. The van der Waals surface area contributed by atoms with Crippen molar-refractivity contribution >= 4 is 21.6 Å². The number of carbonyl (C=O) groups is 1. The molecule has 0 saturated carbocycles. The van der Waals surface area contributed by atoms with Crippen LogP contribution in [0.3, 0.4) is 0 Å². The molecule has 3 rings (SSSR count). The Kier molecular flexibility index (Phi) is 7.12. The van der Waals surface area contributed by atoms with E-state index in [1.54, 1.807) is 36.4 Å². The molecule has 0 unspecified atom stereocenters. The number of amides is 1. The maximum atomic E-state index is 13.2. The Labute approximate surface area is 178 Å². The summed E-state index contributed by atoms with van der Waals surface area (Å²) in [7, 11) is -3.69. The largest absolute Gasteiger partial charge is 0.491 e. The Morgan fingerprint density at radius 3 is 2.40 bits per heavy atom. The van der Waals surface area contributed by atoms with Crippen molar-refractivity contribution in [1.29, 1.82) is 0 Å². The molecule has 1 amide bonds. The van der Waals surface area contributed by atoms with Crippen LogP contribution in [0, 0.1) is 0 Å². The monoisotopic (exact) mass is 432 g/mol. The second kappa shape index (κ2) is 9.59. The maximum absolute atomic E-state index is 13.2. The van der Waals surface area contributed by atoms with Crippen LogP contribution in [0.15, 0.2) is 47.4 Å². The van der Waals surface area contributed by atoms with Gasteiger partial charge in [-0.15, -0.1) is 0 Å². The van der Waals surface area contributed by atoms with E-state index in [2.05, 4.69) is 5.32 Å². The summed E-state index contributed by atoms with van der Waals surface area (Å²) in [4.78, 5) is 12.9. The van der Waals surface area contributed by atoms with Gasteiger partial charge in [0.05, 0.1) is 24.2 Å². The minimum Gasteiger partial charge on any atom is -0.491 e. The molecule has 1 fully saturated rings. The van der Waals surface area contributed by atoms with Crippen LogP contribution in [0.1, 0.15) is 36.7 Å². The van der Waals surface area contributed by atoms with E-state index in [9.17, 15) is 13.2 Å². The van der Waals surface area contributed by atoms with Crippen LogP contribution in [0.25, 0.3) is 0 Å². The molecule has 7 nitrogen and oxygen atoms in total. The van der Waals surface area contributed by atoms with Gasteiger partial charge >= 0.3 is 0 Å². The fraction of sp³-hybridized carbons (Fsp3) is 0.409. The molecule has 162 valence electrons. The summed E-state index contributed by atoms with van der Waals surface area (Å²) in [6, 6.07) is 11.9. The van der Waals surface area contributed by atoms with Crippen LogP contribution < -0.4 is 10.1 Å². The Hall–Kier alpha value is -2.42. The van der Waals surface area contributed by atoms with E-state index in [1.165, 1.54) is 10.4 Å². The number of hydrogen-bond acceptors (Lipinski definition) is 5. The molecular formula is C22H28N2O5S. The highest BCUT2D eigenvalue weighted by atomic mass is 32.2. The lowest BCUT2D eigenvalue weighted by atomic mass is 10.1. The molecule has 2 aromatic carbocycles. The second-order valence-electron chi connectivity index (χ2n) is 7.34. The molecule has 1 N–H and O–H groups in total. The third-order valence-corrected chi connectivity index (χ3v) is 6.76. The van der Waals surface area contributed by atoms with E-state index < -0.39 is 10.0 Å². The number of carbonyl (C=O) groups excluding carboxylic acids is 1. The first-order valence-electron chi connectivity index (χ1n) is 10.1. The predicted molar refractivity (Wildman–Crippen MR) is 116 cm³/mol. The molecule has 0 bridgehead atoms. The Bertz CT molecular complexity index is 981. The summed E-state index contributed by atoms with van der Waals surface area (Å²) in [6.07, 6.45) is 0.618. The lowest BCUT2D eigenvalue weighted by Crippen LogP contribution is -2.41. The zero-order chi connectivity index (χ0) is 21.7. The quantitative estimate of drug-likeness (QED) is 0.726. The lowest BCUT2D eigenvalue weighted by molar-refractivity contribution is 0.0730. The lowest BCUT2D eigenvalue weighted by Gasteiger charge is -2.27. The normalized spacial score (nSPS) is 15.2. The Morgan fingerprint density at radius 1 is 1.13 bits per heavy atom. The molecule has 1 heterocycles. The average molecular weight is 433 g/mol. The van der Waals surface area contributed by atoms with Gasteiger partial charge in [-0.1, -0.05) is 13.0 Å². The zero-order valence-corrected chi connectivity index (χ0v) is 18.4. The highest BCUT2D eigenvalue weighted by Gasteiger charge is 2.29. The molecule has 1 aliphatic heterocycles. The van der Waals surface area contributed by atoms with E-state index in [0.29, 0.717) is 55.3 Å². The molecule has 1 saturated heterocycles. The minimum absolute atomic E-state index is 0.0642. The standard InChI is InChI=1S/C22H28N2O5S/c1-4-17-5-6-18(15-21(17)30(26,27)24-11-13-28-14-12-24)22(25)23-19-7-9-20(10-8-19)29-16(2)3/h5-10,15-16H,4,11-14H2,1-3H3,(H,23,25). The summed E-state index contributed by atoms with van der Waals surface area (Å²) in [6.45, 7) is 7.15. The molecule has 0 aromatic heterocycles. The Balaban J connectivity index is 1.82. The SMILES string of the molecule is CCc1ccc(C(=O)Nc2ccc(OC(C)C)cc2)cc1S(=O)(=O)N1CCOCC1. The Morgan fingerprint density at radius 2 is 1.80 bits per heavy atom. The molecule has 2 aromatic rings. The summed E-state index contributed by atoms with van der Waals surface area (Å²) >= 11 is 0. The number of nitrogens with zero attached hydrogens (tertiary/aromatic N) is 1. The average Bonchev–Trinajstić information content (AvgIpc) is 2.75. The van der Waals surface area contributed by atoms with Gasteiger partial charge in [0, 0.05) is 24.3 Å². The predicted octanol–water partition coefficient (Wildman–Crippen LogP) is 3.31. The van der Waals surface area contributed by atoms with Gasteiger partial charge in [-0.25, -0.2) is 8.42 Å². The number of ether oxygens (including phenoxy) is 2. The maximum Gasteiger partial charge on any atom is 0.255 e. The van der Waals surface area contributed by atoms with Crippen molar-refractivity contribution in [2.75, 3.05) is 31.6 Å². The number of sulfonamides is 1.